The summed E-state index contributed by atoms with van der Waals surface area (Å²) in [6, 6.07) is 18.6. The van der Waals surface area contributed by atoms with Crippen LogP contribution >= 0.6 is 28.1 Å². The highest BCUT2D eigenvalue weighted by atomic mass is 79.9. The Morgan fingerprint density at radius 2 is 2.04 bits per heavy atom. The highest BCUT2D eigenvalue weighted by Gasteiger charge is 2.23. The van der Waals surface area contributed by atoms with Gasteiger partial charge in [-0.1, -0.05) is 52.3 Å². The molecule has 2 aromatic carbocycles. The number of halogens is 1. The van der Waals surface area contributed by atoms with Gasteiger partial charge in [0, 0.05) is 22.3 Å². The predicted octanol–water partition coefficient (Wildman–Crippen LogP) is 2.22. The second-order valence-electron chi connectivity index (χ2n) is 6.20. The van der Waals surface area contributed by atoms with Crippen molar-refractivity contribution < 1.29 is 9.64 Å². The number of anilines is 1. The van der Waals surface area contributed by atoms with E-state index in [1.165, 1.54) is 5.56 Å². The lowest BCUT2D eigenvalue weighted by atomic mass is 10.2. The van der Waals surface area contributed by atoms with E-state index in [9.17, 15) is 0 Å². The van der Waals surface area contributed by atoms with Crippen molar-refractivity contribution >= 4 is 38.9 Å². The number of rotatable bonds is 5. The normalized spacial score (nSPS) is 20.0. The van der Waals surface area contributed by atoms with Crippen molar-refractivity contribution in [1.82, 2.24) is 5.32 Å². The third-order valence-corrected chi connectivity index (χ3v) is 4.93. The van der Waals surface area contributed by atoms with Crippen LogP contribution in [-0.2, 0) is 11.3 Å². The Labute approximate surface area is 162 Å². The zero-order valence-electron chi connectivity index (χ0n) is 14.0. The van der Waals surface area contributed by atoms with Gasteiger partial charge in [0.2, 0.25) is 0 Å². The first-order chi connectivity index (χ1) is 12.2. The van der Waals surface area contributed by atoms with Gasteiger partial charge < -0.3 is 20.3 Å². The zero-order chi connectivity index (χ0) is 17.5. The quantitative estimate of drug-likeness (QED) is 0.648. The number of hydrogen-bond acceptors (Lipinski definition) is 2. The van der Waals surface area contributed by atoms with Crippen molar-refractivity contribution in [3.05, 3.63) is 64.6 Å². The number of hydrogen-bond donors (Lipinski definition) is 3. The number of morpholine rings is 1. The van der Waals surface area contributed by atoms with Gasteiger partial charge in [0.25, 0.3) is 0 Å². The Morgan fingerprint density at radius 3 is 2.84 bits per heavy atom. The molecule has 1 aliphatic heterocycles. The van der Waals surface area contributed by atoms with Gasteiger partial charge in [-0.05, 0) is 30.4 Å². The molecule has 132 valence electrons. The predicted molar refractivity (Wildman–Crippen MR) is 109 cm³/mol. The molecule has 2 aromatic rings. The van der Waals surface area contributed by atoms with E-state index in [1.54, 1.807) is 4.90 Å². The molecule has 0 aromatic heterocycles. The molecule has 3 N–H and O–H groups in total. The third-order valence-electron chi connectivity index (χ3n) is 4.20. The van der Waals surface area contributed by atoms with Crippen LogP contribution in [0.2, 0.25) is 0 Å². The average Bonchev–Trinajstić information content (AvgIpc) is 2.61. The zero-order valence-corrected chi connectivity index (χ0v) is 16.4. The molecule has 0 amide bonds. The van der Waals surface area contributed by atoms with E-state index < -0.39 is 0 Å². The number of quaternary nitrogens is 1. The molecular weight excluding hydrogens is 398 g/mol. The SMILES string of the molecule is S=C(NC[C@@H]1C[NH+](Cc2ccccc2)CCO1)Nc1cccc(Br)c1. The fourth-order valence-corrected chi connectivity index (χ4v) is 3.58. The summed E-state index contributed by atoms with van der Waals surface area (Å²) in [4.78, 5) is 1.55. The molecule has 1 heterocycles. The summed E-state index contributed by atoms with van der Waals surface area (Å²) < 4.78 is 6.91. The maximum Gasteiger partial charge on any atom is 0.170 e. The van der Waals surface area contributed by atoms with E-state index in [0.29, 0.717) is 5.11 Å². The molecule has 0 aliphatic carbocycles. The van der Waals surface area contributed by atoms with E-state index >= 15 is 0 Å². The Kier molecular flexibility index (Phi) is 6.81. The molecule has 1 aliphatic rings. The summed E-state index contributed by atoms with van der Waals surface area (Å²) in [7, 11) is 0. The Morgan fingerprint density at radius 1 is 1.20 bits per heavy atom. The Bertz CT molecular complexity index is 698. The van der Waals surface area contributed by atoms with Gasteiger partial charge in [-0.15, -0.1) is 0 Å². The maximum atomic E-state index is 5.89. The van der Waals surface area contributed by atoms with Crippen LogP contribution in [0.1, 0.15) is 5.56 Å². The van der Waals surface area contributed by atoms with E-state index in [-0.39, 0.29) is 6.10 Å². The van der Waals surface area contributed by atoms with Gasteiger partial charge in [0.15, 0.2) is 5.11 Å². The van der Waals surface area contributed by atoms with Crippen molar-refractivity contribution in [2.75, 3.05) is 31.6 Å². The van der Waals surface area contributed by atoms with Crippen LogP contribution in [0.4, 0.5) is 5.69 Å². The molecule has 0 radical (unpaired) electrons. The average molecular weight is 421 g/mol. The molecular formula is C19H23BrN3OS+. The van der Waals surface area contributed by atoms with Crippen LogP contribution in [0.25, 0.3) is 0 Å². The highest BCUT2D eigenvalue weighted by Crippen LogP contribution is 2.15. The summed E-state index contributed by atoms with van der Waals surface area (Å²) in [5, 5.41) is 7.09. The van der Waals surface area contributed by atoms with Gasteiger partial charge in [-0.25, -0.2) is 0 Å². The van der Waals surface area contributed by atoms with Crippen LogP contribution in [0.15, 0.2) is 59.1 Å². The van der Waals surface area contributed by atoms with Crippen molar-refractivity contribution in [2.45, 2.75) is 12.6 Å². The highest BCUT2D eigenvalue weighted by molar-refractivity contribution is 9.10. The second kappa shape index (κ2) is 9.29. The van der Waals surface area contributed by atoms with E-state index in [4.69, 9.17) is 17.0 Å². The second-order valence-corrected chi connectivity index (χ2v) is 7.53. The topological polar surface area (TPSA) is 37.7 Å². The Hall–Kier alpha value is -1.47. The number of thiocarbonyl (C=S) groups is 1. The first kappa shape index (κ1) is 18.3. The molecule has 4 nitrogen and oxygen atoms in total. The molecule has 1 saturated heterocycles. The number of benzene rings is 2. The molecule has 6 heteroatoms. The fourth-order valence-electron chi connectivity index (χ4n) is 2.98. The Balaban J connectivity index is 1.44. The standard InChI is InChI=1S/C19H22BrN3OS/c20-16-7-4-8-17(11-16)22-19(25)21-12-18-14-23(9-10-24-18)13-15-5-2-1-3-6-15/h1-8,11,18H,9-10,12-14H2,(H2,21,22,25)/p+1/t18-/m1/s1. The molecule has 25 heavy (non-hydrogen) atoms. The van der Waals surface area contributed by atoms with Crippen molar-refractivity contribution in [3.8, 4) is 0 Å². The first-order valence-electron chi connectivity index (χ1n) is 8.48. The third kappa shape index (κ3) is 6.08. The maximum absolute atomic E-state index is 5.89. The van der Waals surface area contributed by atoms with E-state index in [1.807, 2.05) is 24.3 Å². The van der Waals surface area contributed by atoms with Crippen molar-refractivity contribution in [2.24, 2.45) is 0 Å². The van der Waals surface area contributed by atoms with Crippen LogP contribution < -0.4 is 15.5 Å². The minimum Gasteiger partial charge on any atom is -0.365 e. The van der Waals surface area contributed by atoms with Crippen LogP contribution in [0, 0.1) is 0 Å². The monoisotopic (exact) mass is 420 g/mol. The van der Waals surface area contributed by atoms with E-state index in [0.717, 1.165) is 42.9 Å². The summed E-state index contributed by atoms with van der Waals surface area (Å²) >= 11 is 8.84. The van der Waals surface area contributed by atoms with Gasteiger partial charge in [-0.2, -0.15) is 0 Å². The largest absolute Gasteiger partial charge is 0.365 e. The van der Waals surface area contributed by atoms with Gasteiger partial charge >= 0.3 is 0 Å². The van der Waals surface area contributed by atoms with Crippen LogP contribution in [-0.4, -0.2) is 37.5 Å². The fraction of sp³-hybridized carbons (Fsp3) is 0.316. The molecule has 2 atom stereocenters. The molecule has 1 unspecified atom stereocenters. The lowest BCUT2D eigenvalue weighted by molar-refractivity contribution is -0.925. The van der Waals surface area contributed by atoms with Crippen molar-refractivity contribution in [1.29, 1.82) is 0 Å². The molecule has 3 rings (SSSR count). The molecule has 1 fully saturated rings. The lowest BCUT2D eigenvalue weighted by Gasteiger charge is -2.30. The smallest absolute Gasteiger partial charge is 0.170 e. The van der Waals surface area contributed by atoms with E-state index in [2.05, 4.69) is 56.9 Å². The van der Waals surface area contributed by atoms with Gasteiger partial charge in [0.1, 0.15) is 25.7 Å². The summed E-state index contributed by atoms with van der Waals surface area (Å²) in [5.41, 5.74) is 2.34. The minimum absolute atomic E-state index is 0.176. The van der Waals surface area contributed by atoms with Crippen LogP contribution in [0.3, 0.4) is 0 Å². The summed E-state index contributed by atoms with van der Waals surface area (Å²) in [6.45, 7) is 4.59. The lowest BCUT2D eigenvalue weighted by Crippen LogP contribution is -3.13. The minimum atomic E-state index is 0.176. The molecule has 0 saturated carbocycles. The first-order valence-corrected chi connectivity index (χ1v) is 9.69. The van der Waals surface area contributed by atoms with Crippen LogP contribution in [0.5, 0.6) is 0 Å². The molecule has 0 spiro atoms. The summed E-state index contributed by atoms with van der Waals surface area (Å²) in [6.07, 6.45) is 0.176. The number of nitrogens with one attached hydrogen (secondary N) is 3. The van der Waals surface area contributed by atoms with Gasteiger partial charge in [-0.3, -0.25) is 0 Å². The molecule has 0 bridgehead atoms. The summed E-state index contributed by atoms with van der Waals surface area (Å²) in [5.74, 6) is 0. The number of ether oxygens (including phenoxy) is 1. The van der Waals surface area contributed by atoms with Gasteiger partial charge in [0.05, 0.1) is 6.61 Å². The van der Waals surface area contributed by atoms with Crippen molar-refractivity contribution in [3.63, 3.8) is 0 Å².